The molecule has 1 amide bonds. The van der Waals surface area contributed by atoms with Gasteiger partial charge in [-0.1, -0.05) is 0 Å². The Labute approximate surface area is 178 Å². The van der Waals surface area contributed by atoms with E-state index >= 15 is 0 Å². The summed E-state index contributed by atoms with van der Waals surface area (Å²) in [6, 6.07) is 5.52. The number of thioether (sulfide) groups is 1. The van der Waals surface area contributed by atoms with E-state index in [1.54, 1.807) is 23.1 Å². The van der Waals surface area contributed by atoms with E-state index in [1.807, 2.05) is 28.8 Å². The van der Waals surface area contributed by atoms with Crippen LogP contribution in [0, 0.1) is 0 Å². The average molecular weight is 425 g/mol. The van der Waals surface area contributed by atoms with Crippen LogP contribution in [0.2, 0.25) is 0 Å². The maximum atomic E-state index is 12.9. The van der Waals surface area contributed by atoms with Crippen LogP contribution in [0.1, 0.15) is 21.6 Å². The Morgan fingerprint density at radius 3 is 2.93 bits per heavy atom. The molecule has 8 nitrogen and oxygen atoms in total. The standard InChI is InChI=1S/C21H24N6O2S/c28-19-12-15-14-30-11-3-18(15)24-27(19)10-7-25-5-8-26(9-6-25)21(29)17-13-23-20-16(17)2-1-4-22-20/h1-2,4,12-13H,3,5-11,14H2,(H,22,23). The Morgan fingerprint density at radius 1 is 1.20 bits per heavy atom. The third-order valence-corrected chi connectivity index (χ3v) is 6.88. The van der Waals surface area contributed by atoms with Gasteiger partial charge in [-0.3, -0.25) is 14.5 Å². The fraction of sp³-hybridized carbons (Fsp3) is 0.429. The van der Waals surface area contributed by atoms with Crippen LogP contribution in [0.15, 0.2) is 35.4 Å². The first kappa shape index (κ1) is 19.3. The zero-order chi connectivity index (χ0) is 20.5. The van der Waals surface area contributed by atoms with E-state index in [1.165, 1.54) is 0 Å². The summed E-state index contributed by atoms with van der Waals surface area (Å²) in [5.74, 6) is 2.00. The summed E-state index contributed by atoms with van der Waals surface area (Å²) >= 11 is 1.86. The second-order valence-corrected chi connectivity index (χ2v) is 8.82. The molecule has 1 fully saturated rings. The van der Waals surface area contributed by atoms with Gasteiger partial charge in [-0.05, 0) is 23.4 Å². The molecule has 5 heterocycles. The molecule has 3 aromatic heterocycles. The van der Waals surface area contributed by atoms with Gasteiger partial charge < -0.3 is 9.88 Å². The van der Waals surface area contributed by atoms with Gasteiger partial charge in [0, 0.05) is 68.7 Å². The molecule has 0 radical (unpaired) electrons. The fourth-order valence-corrected chi connectivity index (χ4v) is 5.08. The molecule has 30 heavy (non-hydrogen) atoms. The van der Waals surface area contributed by atoms with Crippen molar-refractivity contribution in [1.29, 1.82) is 0 Å². The van der Waals surface area contributed by atoms with Gasteiger partial charge in [0.15, 0.2) is 0 Å². The maximum Gasteiger partial charge on any atom is 0.267 e. The highest BCUT2D eigenvalue weighted by Crippen LogP contribution is 2.21. The predicted octanol–water partition coefficient (Wildman–Crippen LogP) is 1.37. The molecule has 156 valence electrons. The van der Waals surface area contributed by atoms with Crippen LogP contribution in [-0.4, -0.2) is 73.9 Å². The zero-order valence-electron chi connectivity index (χ0n) is 16.7. The third-order valence-electron chi connectivity index (χ3n) is 5.87. The number of nitrogens with zero attached hydrogens (tertiary/aromatic N) is 5. The largest absolute Gasteiger partial charge is 0.345 e. The Bertz CT molecular complexity index is 1130. The van der Waals surface area contributed by atoms with E-state index in [-0.39, 0.29) is 11.5 Å². The maximum absolute atomic E-state index is 12.9. The van der Waals surface area contributed by atoms with E-state index in [9.17, 15) is 9.59 Å². The Balaban J connectivity index is 1.19. The molecular formula is C21H24N6O2S. The van der Waals surface area contributed by atoms with Crippen molar-refractivity contribution in [1.82, 2.24) is 29.5 Å². The lowest BCUT2D eigenvalue weighted by atomic mass is 10.2. The SMILES string of the molecule is O=C(c1c[nH]c2ncccc12)N1CCN(CCn2nc3c(cc2=O)CSCC3)CC1. The molecule has 0 saturated carbocycles. The molecular weight excluding hydrogens is 400 g/mol. The van der Waals surface area contributed by atoms with E-state index < -0.39 is 0 Å². The van der Waals surface area contributed by atoms with Crippen LogP contribution in [0.4, 0.5) is 0 Å². The minimum absolute atomic E-state index is 0.0157. The molecule has 2 aliphatic rings. The summed E-state index contributed by atoms with van der Waals surface area (Å²) in [6.07, 6.45) is 4.40. The number of carbonyl (C=O) groups excluding carboxylic acids is 1. The average Bonchev–Trinajstić information content (AvgIpc) is 3.22. The van der Waals surface area contributed by atoms with Crippen LogP contribution in [0.5, 0.6) is 0 Å². The van der Waals surface area contributed by atoms with Crippen LogP contribution >= 0.6 is 11.8 Å². The fourth-order valence-electron chi connectivity index (χ4n) is 4.13. The van der Waals surface area contributed by atoms with Gasteiger partial charge in [0.25, 0.3) is 11.5 Å². The molecule has 1 saturated heterocycles. The lowest BCUT2D eigenvalue weighted by molar-refractivity contribution is 0.0633. The van der Waals surface area contributed by atoms with Gasteiger partial charge in [-0.25, -0.2) is 9.67 Å². The van der Waals surface area contributed by atoms with Gasteiger partial charge in [0.05, 0.1) is 17.8 Å². The monoisotopic (exact) mass is 424 g/mol. The van der Waals surface area contributed by atoms with Crippen LogP contribution < -0.4 is 5.56 Å². The van der Waals surface area contributed by atoms with Crippen molar-refractivity contribution in [3.05, 3.63) is 57.8 Å². The van der Waals surface area contributed by atoms with E-state index in [0.29, 0.717) is 25.2 Å². The van der Waals surface area contributed by atoms with Crippen molar-refractivity contribution in [2.45, 2.75) is 18.7 Å². The minimum Gasteiger partial charge on any atom is -0.345 e. The van der Waals surface area contributed by atoms with E-state index in [2.05, 4.69) is 20.0 Å². The third kappa shape index (κ3) is 3.75. The highest BCUT2D eigenvalue weighted by atomic mass is 32.2. The second kappa shape index (κ2) is 8.23. The first-order valence-corrected chi connectivity index (χ1v) is 11.5. The topological polar surface area (TPSA) is 87.1 Å². The predicted molar refractivity (Wildman–Crippen MR) is 117 cm³/mol. The molecule has 5 rings (SSSR count). The van der Waals surface area contributed by atoms with Gasteiger partial charge in [-0.2, -0.15) is 16.9 Å². The molecule has 2 aliphatic heterocycles. The molecule has 3 aromatic rings. The number of pyridine rings is 1. The molecule has 1 N–H and O–H groups in total. The highest BCUT2D eigenvalue weighted by Gasteiger charge is 2.24. The minimum atomic E-state index is -0.0157. The van der Waals surface area contributed by atoms with Crippen molar-refractivity contribution in [3.8, 4) is 0 Å². The summed E-state index contributed by atoms with van der Waals surface area (Å²) in [5.41, 5.74) is 3.55. The van der Waals surface area contributed by atoms with Gasteiger partial charge in [0.1, 0.15) is 5.65 Å². The number of aryl methyl sites for hydroxylation is 1. The molecule has 0 aliphatic carbocycles. The summed E-state index contributed by atoms with van der Waals surface area (Å²) in [6.45, 7) is 4.29. The second-order valence-electron chi connectivity index (χ2n) is 7.72. The Morgan fingerprint density at radius 2 is 2.07 bits per heavy atom. The normalized spacial score (nSPS) is 17.3. The van der Waals surface area contributed by atoms with Crippen LogP contribution in [0.3, 0.4) is 0 Å². The van der Waals surface area contributed by atoms with Gasteiger partial charge in [-0.15, -0.1) is 0 Å². The number of carbonyl (C=O) groups is 1. The van der Waals surface area contributed by atoms with Crippen LogP contribution in [-0.2, 0) is 18.7 Å². The number of hydrogen-bond acceptors (Lipinski definition) is 6. The molecule has 0 bridgehead atoms. The zero-order valence-corrected chi connectivity index (χ0v) is 17.5. The summed E-state index contributed by atoms with van der Waals surface area (Å²) in [4.78, 5) is 36.8. The number of amides is 1. The number of rotatable bonds is 4. The quantitative estimate of drug-likeness (QED) is 0.681. The van der Waals surface area contributed by atoms with Crippen molar-refractivity contribution >= 4 is 28.7 Å². The lowest BCUT2D eigenvalue weighted by Crippen LogP contribution is -2.49. The van der Waals surface area contributed by atoms with Gasteiger partial charge in [0.2, 0.25) is 0 Å². The molecule has 0 unspecified atom stereocenters. The molecule has 9 heteroatoms. The smallest absolute Gasteiger partial charge is 0.267 e. The number of hydrogen-bond donors (Lipinski definition) is 1. The van der Waals surface area contributed by atoms with E-state index in [4.69, 9.17) is 0 Å². The molecule has 0 aromatic carbocycles. The summed E-state index contributed by atoms with van der Waals surface area (Å²) < 4.78 is 1.60. The van der Waals surface area contributed by atoms with Crippen LogP contribution in [0.25, 0.3) is 11.0 Å². The van der Waals surface area contributed by atoms with Gasteiger partial charge >= 0.3 is 0 Å². The van der Waals surface area contributed by atoms with Crippen molar-refractivity contribution in [2.24, 2.45) is 0 Å². The first-order valence-electron chi connectivity index (χ1n) is 10.3. The number of aromatic nitrogens is 4. The number of H-pyrrole nitrogens is 1. The number of piperazine rings is 1. The highest BCUT2D eigenvalue weighted by molar-refractivity contribution is 7.98. The molecule has 0 spiro atoms. The first-order chi connectivity index (χ1) is 14.7. The number of fused-ring (bicyclic) bond motifs is 2. The van der Waals surface area contributed by atoms with Crippen molar-refractivity contribution in [2.75, 3.05) is 38.5 Å². The van der Waals surface area contributed by atoms with Crippen molar-refractivity contribution < 1.29 is 4.79 Å². The lowest BCUT2D eigenvalue weighted by Gasteiger charge is -2.34. The summed E-state index contributed by atoms with van der Waals surface area (Å²) in [5, 5.41) is 5.46. The van der Waals surface area contributed by atoms with Crippen molar-refractivity contribution in [3.63, 3.8) is 0 Å². The van der Waals surface area contributed by atoms with E-state index in [0.717, 1.165) is 59.9 Å². The number of nitrogens with one attached hydrogen (secondary N) is 1. The number of aromatic amines is 1. The Hall–Kier alpha value is -2.65. The Kier molecular flexibility index (Phi) is 5.30. The molecule has 0 atom stereocenters. The summed E-state index contributed by atoms with van der Waals surface area (Å²) in [7, 11) is 0.